The minimum Gasteiger partial charge on any atom is -0.446 e. The third-order valence-electron chi connectivity index (χ3n) is 1.15. The molecule has 57 valence electrons. The zero-order chi connectivity index (χ0) is 8.10. The molecule has 1 aromatic rings. The summed E-state index contributed by atoms with van der Waals surface area (Å²) in [5, 5.41) is 2.47. The standard InChI is InChI=1S/C8H8NO2/c1-11-8(10)9-7-5-3-2-4-6-7/h2-6H,1H2,(H,9,10). The molecule has 0 fully saturated rings. The van der Waals surface area contributed by atoms with E-state index in [0.717, 1.165) is 0 Å². The first-order valence-corrected chi connectivity index (χ1v) is 3.11. The predicted octanol–water partition coefficient (Wildman–Crippen LogP) is 2.03. The Balaban J connectivity index is 2.58. The number of hydrogen-bond donors (Lipinski definition) is 1. The van der Waals surface area contributed by atoms with E-state index in [4.69, 9.17) is 0 Å². The Kier molecular flexibility index (Phi) is 2.49. The molecule has 0 spiro atoms. The van der Waals surface area contributed by atoms with Gasteiger partial charge in [-0.3, -0.25) is 5.32 Å². The quantitative estimate of drug-likeness (QED) is 0.665. The molecule has 0 atom stereocenters. The van der Waals surface area contributed by atoms with Crippen LogP contribution in [-0.2, 0) is 4.74 Å². The largest absolute Gasteiger partial charge is 0.446 e. The topological polar surface area (TPSA) is 38.3 Å². The Labute approximate surface area is 65.0 Å². The summed E-state index contributed by atoms with van der Waals surface area (Å²) in [6, 6.07) is 9.02. The third-order valence-corrected chi connectivity index (χ3v) is 1.15. The number of rotatable bonds is 1. The van der Waals surface area contributed by atoms with Gasteiger partial charge >= 0.3 is 6.09 Å². The van der Waals surface area contributed by atoms with Crippen LogP contribution in [0, 0.1) is 7.11 Å². The summed E-state index contributed by atoms with van der Waals surface area (Å²) >= 11 is 0. The molecule has 3 nitrogen and oxygen atoms in total. The predicted molar refractivity (Wildman–Crippen MR) is 41.9 cm³/mol. The molecule has 1 amide bonds. The number of carbonyl (C=O) groups excluding carboxylic acids is 1. The lowest BCUT2D eigenvalue weighted by molar-refractivity contribution is 0.199. The van der Waals surface area contributed by atoms with Gasteiger partial charge in [-0.15, -0.1) is 0 Å². The molecule has 1 radical (unpaired) electrons. The van der Waals surface area contributed by atoms with Crippen LogP contribution in [0.15, 0.2) is 30.3 Å². The maximum absolute atomic E-state index is 10.6. The number of para-hydroxylation sites is 1. The highest BCUT2D eigenvalue weighted by molar-refractivity contribution is 5.84. The zero-order valence-electron chi connectivity index (χ0n) is 5.91. The van der Waals surface area contributed by atoms with Crippen LogP contribution in [0.25, 0.3) is 0 Å². The Morgan fingerprint density at radius 2 is 2.00 bits per heavy atom. The van der Waals surface area contributed by atoms with Crippen molar-refractivity contribution in [2.45, 2.75) is 0 Å². The maximum atomic E-state index is 10.6. The Morgan fingerprint density at radius 3 is 2.55 bits per heavy atom. The molecular formula is C8H8NO2. The lowest BCUT2D eigenvalue weighted by Crippen LogP contribution is -2.09. The average Bonchev–Trinajstić information content (AvgIpc) is 2.06. The van der Waals surface area contributed by atoms with E-state index in [-0.39, 0.29) is 0 Å². The van der Waals surface area contributed by atoms with Gasteiger partial charge in [-0.2, -0.15) is 0 Å². The molecule has 1 N–H and O–H groups in total. The molecule has 0 saturated heterocycles. The van der Waals surface area contributed by atoms with Crippen molar-refractivity contribution in [1.82, 2.24) is 0 Å². The van der Waals surface area contributed by atoms with Gasteiger partial charge in [-0.1, -0.05) is 18.2 Å². The molecule has 0 saturated carbocycles. The van der Waals surface area contributed by atoms with Gasteiger partial charge < -0.3 is 4.74 Å². The van der Waals surface area contributed by atoms with Crippen LogP contribution in [0.2, 0.25) is 0 Å². The fourth-order valence-corrected chi connectivity index (χ4v) is 0.675. The van der Waals surface area contributed by atoms with Gasteiger partial charge in [0.1, 0.15) is 7.11 Å². The summed E-state index contributed by atoms with van der Waals surface area (Å²) < 4.78 is 4.15. The second-order valence-corrected chi connectivity index (χ2v) is 1.92. The van der Waals surface area contributed by atoms with E-state index >= 15 is 0 Å². The zero-order valence-corrected chi connectivity index (χ0v) is 5.91. The van der Waals surface area contributed by atoms with E-state index in [0.29, 0.717) is 5.69 Å². The van der Waals surface area contributed by atoms with Gasteiger partial charge in [0.2, 0.25) is 0 Å². The molecular weight excluding hydrogens is 142 g/mol. The normalized spacial score (nSPS) is 8.82. The van der Waals surface area contributed by atoms with Crippen LogP contribution >= 0.6 is 0 Å². The van der Waals surface area contributed by atoms with Gasteiger partial charge in [-0.25, -0.2) is 4.79 Å². The molecule has 0 aromatic heterocycles. The molecule has 0 bridgehead atoms. The van der Waals surface area contributed by atoms with Gasteiger partial charge in [0.05, 0.1) is 0 Å². The Morgan fingerprint density at radius 1 is 1.36 bits per heavy atom. The summed E-state index contributed by atoms with van der Waals surface area (Å²) in [7, 11) is 2.97. The number of amides is 1. The smallest absolute Gasteiger partial charge is 0.411 e. The van der Waals surface area contributed by atoms with E-state index in [9.17, 15) is 4.79 Å². The van der Waals surface area contributed by atoms with Crippen molar-refractivity contribution in [2.75, 3.05) is 5.32 Å². The lowest BCUT2D eigenvalue weighted by Gasteiger charge is -2.00. The maximum Gasteiger partial charge on any atom is 0.411 e. The van der Waals surface area contributed by atoms with Crippen molar-refractivity contribution in [3.05, 3.63) is 37.4 Å². The molecule has 0 aliphatic carbocycles. The number of carbonyl (C=O) groups is 1. The van der Waals surface area contributed by atoms with Crippen molar-refractivity contribution >= 4 is 11.8 Å². The fourth-order valence-electron chi connectivity index (χ4n) is 0.675. The minimum absolute atomic E-state index is 0.559. The third kappa shape index (κ3) is 2.29. The van der Waals surface area contributed by atoms with E-state index in [1.54, 1.807) is 12.1 Å². The Hall–Kier alpha value is -1.51. The van der Waals surface area contributed by atoms with Gasteiger partial charge in [-0.05, 0) is 12.1 Å². The van der Waals surface area contributed by atoms with Crippen molar-refractivity contribution in [3.63, 3.8) is 0 Å². The summed E-state index contributed by atoms with van der Waals surface area (Å²) in [5.41, 5.74) is 0.696. The highest BCUT2D eigenvalue weighted by Crippen LogP contribution is 2.04. The summed E-state index contributed by atoms with van der Waals surface area (Å²) in [5.74, 6) is 0. The van der Waals surface area contributed by atoms with E-state index in [2.05, 4.69) is 17.2 Å². The number of hydrogen-bond acceptors (Lipinski definition) is 2. The second kappa shape index (κ2) is 3.61. The highest BCUT2D eigenvalue weighted by Gasteiger charge is 1.96. The SMILES string of the molecule is [CH2]OC(=O)Nc1ccccc1. The van der Waals surface area contributed by atoms with Crippen LogP contribution in [0.1, 0.15) is 0 Å². The number of anilines is 1. The van der Waals surface area contributed by atoms with Crippen LogP contribution in [0.3, 0.4) is 0 Å². The molecule has 0 aliphatic rings. The van der Waals surface area contributed by atoms with E-state index < -0.39 is 6.09 Å². The molecule has 1 rings (SSSR count). The molecule has 0 unspecified atom stereocenters. The Bertz CT molecular complexity index is 233. The number of ether oxygens (including phenoxy) is 1. The van der Waals surface area contributed by atoms with Gasteiger partial charge in [0.15, 0.2) is 0 Å². The van der Waals surface area contributed by atoms with Crippen LogP contribution in [0.4, 0.5) is 10.5 Å². The molecule has 3 heteroatoms. The highest BCUT2D eigenvalue weighted by atomic mass is 16.5. The molecule has 0 heterocycles. The van der Waals surface area contributed by atoms with Gasteiger partial charge in [0, 0.05) is 5.69 Å². The first-order valence-electron chi connectivity index (χ1n) is 3.11. The first-order chi connectivity index (χ1) is 5.33. The van der Waals surface area contributed by atoms with Crippen molar-refractivity contribution in [1.29, 1.82) is 0 Å². The summed E-state index contributed by atoms with van der Waals surface area (Å²) in [6.45, 7) is 0. The van der Waals surface area contributed by atoms with Crippen LogP contribution in [-0.4, -0.2) is 6.09 Å². The minimum atomic E-state index is -0.559. The molecule has 11 heavy (non-hydrogen) atoms. The number of benzene rings is 1. The first kappa shape index (κ1) is 7.60. The molecule has 0 aliphatic heterocycles. The van der Waals surface area contributed by atoms with Crippen LogP contribution in [0.5, 0.6) is 0 Å². The number of nitrogens with one attached hydrogen (secondary N) is 1. The fraction of sp³-hybridized carbons (Fsp3) is 0. The monoisotopic (exact) mass is 150 g/mol. The average molecular weight is 150 g/mol. The second-order valence-electron chi connectivity index (χ2n) is 1.92. The van der Waals surface area contributed by atoms with Crippen LogP contribution < -0.4 is 5.32 Å². The van der Waals surface area contributed by atoms with Crippen molar-refractivity contribution in [3.8, 4) is 0 Å². The van der Waals surface area contributed by atoms with E-state index in [1.165, 1.54) is 0 Å². The molecule has 1 aromatic carbocycles. The summed E-state index contributed by atoms with van der Waals surface area (Å²) in [6.07, 6.45) is -0.559. The van der Waals surface area contributed by atoms with Crippen molar-refractivity contribution in [2.24, 2.45) is 0 Å². The summed E-state index contributed by atoms with van der Waals surface area (Å²) in [4.78, 5) is 10.6. The van der Waals surface area contributed by atoms with E-state index in [1.807, 2.05) is 18.2 Å². The lowest BCUT2D eigenvalue weighted by atomic mass is 10.3. The van der Waals surface area contributed by atoms with Crippen molar-refractivity contribution < 1.29 is 9.53 Å². The van der Waals surface area contributed by atoms with Gasteiger partial charge in [0.25, 0.3) is 0 Å².